The number of unbranched alkanes of at least 4 members (excludes halogenated alkanes) is 1. The average Bonchev–Trinajstić information content (AvgIpc) is 2.89. The van der Waals surface area contributed by atoms with Crippen molar-refractivity contribution in [3.05, 3.63) is 29.8 Å². The molecule has 4 amide bonds. The molecule has 5 unspecified atom stereocenters. The van der Waals surface area contributed by atoms with E-state index in [4.69, 9.17) is 17.2 Å². The number of rotatable bonds is 18. The third-order valence-electron chi connectivity index (χ3n) is 6.40. The maximum atomic E-state index is 13.2. The molecule has 11 N–H and O–H groups in total. The second-order valence-corrected chi connectivity index (χ2v) is 9.60. The Hall–Kier alpha value is -3.71. The number of primary amides is 1. The van der Waals surface area contributed by atoms with Gasteiger partial charge < -0.3 is 43.4 Å². The molecule has 0 radical (unpaired) electrons. The number of carbonyl (C=O) groups excluding carboxylic acids is 4. The van der Waals surface area contributed by atoms with Gasteiger partial charge in [0.15, 0.2) is 0 Å². The molecule has 0 aliphatic carbocycles. The van der Waals surface area contributed by atoms with Crippen molar-refractivity contribution in [2.24, 2.45) is 23.1 Å². The van der Waals surface area contributed by atoms with Crippen molar-refractivity contribution in [3.8, 4) is 5.75 Å². The van der Waals surface area contributed by atoms with Crippen molar-refractivity contribution in [2.75, 3.05) is 6.54 Å². The summed E-state index contributed by atoms with van der Waals surface area (Å²) in [5, 5.41) is 26.9. The van der Waals surface area contributed by atoms with Crippen LogP contribution in [0.2, 0.25) is 0 Å². The molecule has 0 heterocycles. The Bertz CT molecular complexity index is 972. The first kappa shape index (κ1) is 33.3. The van der Waals surface area contributed by atoms with Gasteiger partial charge in [0, 0.05) is 12.8 Å². The second-order valence-electron chi connectivity index (χ2n) is 9.60. The van der Waals surface area contributed by atoms with Crippen LogP contribution in [0.4, 0.5) is 0 Å². The summed E-state index contributed by atoms with van der Waals surface area (Å²) in [5.41, 5.74) is 17.1. The van der Waals surface area contributed by atoms with Gasteiger partial charge >= 0.3 is 5.97 Å². The molecule has 0 spiro atoms. The Morgan fingerprint density at radius 1 is 0.897 bits per heavy atom. The largest absolute Gasteiger partial charge is 0.508 e. The van der Waals surface area contributed by atoms with Crippen molar-refractivity contribution in [1.82, 2.24) is 16.0 Å². The number of phenols is 1. The fourth-order valence-electron chi connectivity index (χ4n) is 3.75. The Morgan fingerprint density at radius 2 is 1.51 bits per heavy atom. The third kappa shape index (κ3) is 12.1. The number of aromatic hydroxyl groups is 1. The van der Waals surface area contributed by atoms with Gasteiger partial charge in [-0.15, -0.1) is 0 Å². The number of nitrogens with two attached hydrogens (primary N) is 3. The maximum Gasteiger partial charge on any atom is 0.326 e. The van der Waals surface area contributed by atoms with Gasteiger partial charge in [0.25, 0.3) is 0 Å². The van der Waals surface area contributed by atoms with Gasteiger partial charge in [-0.2, -0.15) is 0 Å². The molecule has 0 saturated heterocycles. The lowest BCUT2D eigenvalue weighted by Crippen LogP contribution is -2.58. The van der Waals surface area contributed by atoms with Crippen LogP contribution in [0.5, 0.6) is 5.75 Å². The summed E-state index contributed by atoms with van der Waals surface area (Å²) < 4.78 is 0. The fraction of sp³-hybridized carbons (Fsp3) is 0.577. The molecule has 0 fully saturated rings. The zero-order valence-corrected chi connectivity index (χ0v) is 22.5. The molecule has 5 atom stereocenters. The van der Waals surface area contributed by atoms with E-state index in [1.54, 1.807) is 19.1 Å². The summed E-state index contributed by atoms with van der Waals surface area (Å²) in [6.07, 6.45) is 1.71. The molecular formula is C26H42N6O7. The standard InChI is InChI=1S/C26H42N6O7/c1-3-15(2)22(25(37)31-20(26(38)39)14-16-7-9-17(33)10-8-16)32-24(36)19(6-4-5-13-27)30-23(35)18(28)11-12-21(29)34/h7-10,15,18-20,22,33H,3-6,11-14,27-28H2,1-2H3,(H2,29,34)(H,30,35)(H,31,37)(H,32,36)(H,38,39). The van der Waals surface area contributed by atoms with E-state index in [9.17, 15) is 34.2 Å². The van der Waals surface area contributed by atoms with Crippen LogP contribution >= 0.6 is 0 Å². The maximum absolute atomic E-state index is 13.2. The molecule has 1 aromatic rings. The molecule has 39 heavy (non-hydrogen) atoms. The van der Waals surface area contributed by atoms with E-state index in [-0.39, 0.29) is 37.4 Å². The van der Waals surface area contributed by atoms with Gasteiger partial charge in [-0.3, -0.25) is 19.2 Å². The molecular weight excluding hydrogens is 508 g/mol. The van der Waals surface area contributed by atoms with E-state index in [0.29, 0.717) is 31.4 Å². The minimum absolute atomic E-state index is 0.00775. The van der Waals surface area contributed by atoms with E-state index in [1.165, 1.54) is 12.1 Å². The smallest absolute Gasteiger partial charge is 0.326 e. The molecule has 218 valence electrons. The van der Waals surface area contributed by atoms with Crippen LogP contribution in [0.25, 0.3) is 0 Å². The zero-order chi connectivity index (χ0) is 29.5. The molecule has 0 aliphatic heterocycles. The van der Waals surface area contributed by atoms with E-state index < -0.39 is 53.8 Å². The first-order valence-corrected chi connectivity index (χ1v) is 13.0. The van der Waals surface area contributed by atoms with Crippen molar-refractivity contribution in [1.29, 1.82) is 0 Å². The first-order valence-electron chi connectivity index (χ1n) is 13.0. The number of hydrogen-bond donors (Lipinski definition) is 8. The quantitative estimate of drug-likeness (QED) is 0.107. The normalized spacial score (nSPS) is 14.8. The Balaban J connectivity index is 3.02. The average molecular weight is 551 g/mol. The Kier molecular flexibility index (Phi) is 14.5. The summed E-state index contributed by atoms with van der Waals surface area (Å²) in [7, 11) is 0. The number of hydrogen-bond acceptors (Lipinski definition) is 8. The van der Waals surface area contributed by atoms with E-state index in [0.717, 1.165) is 0 Å². The minimum Gasteiger partial charge on any atom is -0.508 e. The molecule has 13 heteroatoms. The number of amides is 4. The van der Waals surface area contributed by atoms with Crippen molar-refractivity contribution in [3.63, 3.8) is 0 Å². The summed E-state index contributed by atoms with van der Waals surface area (Å²) >= 11 is 0. The lowest BCUT2D eigenvalue weighted by molar-refractivity contribution is -0.142. The highest BCUT2D eigenvalue weighted by atomic mass is 16.4. The van der Waals surface area contributed by atoms with Gasteiger partial charge in [0.05, 0.1) is 6.04 Å². The highest BCUT2D eigenvalue weighted by Gasteiger charge is 2.32. The van der Waals surface area contributed by atoms with Crippen molar-refractivity contribution in [2.45, 2.75) is 83.0 Å². The third-order valence-corrected chi connectivity index (χ3v) is 6.40. The van der Waals surface area contributed by atoms with Gasteiger partial charge in [0.2, 0.25) is 23.6 Å². The number of nitrogens with one attached hydrogen (secondary N) is 3. The lowest BCUT2D eigenvalue weighted by atomic mass is 9.96. The molecule has 1 rings (SSSR count). The van der Waals surface area contributed by atoms with E-state index in [2.05, 4.69) is 16.0 Å². The van der Waals surface area contributed by atoms with E-state index >= 15 is 0 Å². The molecule has 0 bridgehead atoms. The highest BCUT2D eigenvalue weighted by molar-refractivity contribution is 5.94. The Morgan fingerprint density at radius 3 is 2.05 bits per heavy atom. The fourth-order valence-corrected chi connectivity index (χ4v) is 3.75. The highest BCUT2D eigenvalue weighted by Crippen LogP contribution is 2.14. The molecule has 1 aromatic carbocycles. The van der Waals surface area contributed by atoms with Crippen LogP contribution < -0.4 is 33.2 Å². The van der Waals surface area contributed by atoms with Crippen LogP contribution in [0.3, 0.4) is 0 Å². The van der Waals surface area contributed by atoms with Gasteiger partial charge in [-0.1, -0.05) is 32.4 Å². The predicted molar refractivity (Wildman–Crippen MR) is 144 cm³/mol. The van der Waals surface area contributed by atoms with Crippen molar-refractivity contribution < 1.29 is 34.2 Å². The molecule has 0 aromatic heterocycles. The first-order chi connectivity index (χ1) is 18.4. The number of carboxylic acid groups (broad SMARTS) is 1. The summed E-state index contributed by atoms with van der Waals surface area (Å²) in [6.45, 7) is 3.94. The molecule has 13 nitrogen and oxygen atoms in total. The Labute approximate surface area is 228 Å². The number of carbonyl (C=O) groups is 5. The number of phenolic OH excluding ortho intramolecular Hbond substituents is 1. The predicted octanol–water partition coefficient (Wildman–Crippen LogP) is -0.758. The zero-order valence-electron chi connectivity index (χ0n) is 22.5. The molecule has 0 aliphatic rings. The van der Waals surface area contributed by atoms with Crippen LogP contribution in [-0.2, 0) is 30.4 Å². The van der Waals surface area contributed by atoms with Crippen LogP contribution in [0.1, 0.15) is 57.9 Å². The second kappa shape index (κ2) is 17.0. The minimum atomic E-state index is -1.28. The van der Waals surface area contributed by atoms with Crippen molar-refractivity contribution >= 4 is 29.6 Å². The van der Waals surface area contributed by atoms with Gasteiger partial charge in [0.1, 0.15) is 23.9 Å². The number of aliphatic carboxylic acids is 1. The van der Waals surface area contributed by atoms with Gasteiger partial charge in [-0.25, -0.2) is 4.79 Å². The van der Waals surface area contributed by atoms with Crippen LogP contribution in [0.15, 0.2) is 24.3 Å². The topological polar surface area (TPSA) is 240 Å². The molecule has 0 saturated carbocycles. The summed E-state index contributed by atoms with van der Waals surface area (Å²) in [5.74, 6) is -4.17. The van der Waals surface area contributed by atoms with Gasteiger partial charge in [-0.05, 0) is 55.8 Å². The van der Waals surface area contributed by atoms with Crippen LogP contribution in [-0.4, -0.2) is 70.5 Å². The summed E-state index contributed by atoms with van der Waals surface area (Å²) in [6, 6.07) is 1.47. The van der Waals surface area contributed by atoms with Crippen LogP contribution in [0, 0.1) is 5.92 Å². The SMILES string of the molecule is CCC(C)C(NC(=O)C(CCCCN)NC(=O)C(N)CCC(N)=O)C(=O)NC(Cc1ccc(O)cc1)C(=O)O. The monoisotopic (exact) mass is 550 g/mol. The lowest BCUT2D eigenvalue weighted by Gasteiger charge is -2.28. The van der Waals surface area contributed by atoms with E-state index in [1.807, 2.05) is 6.92 Å². The number of carboxylic acids is 1. The summed E-state index contributed by atoms with van der Waals surface area (Å²) in [4.78, 5) is 61.9. The number of benzene rings is 1.